The van der Waals surface area contributed by atoms with Crippen molar-refractivity contribution in [2.45, 2.75) is 37.0 Å². The standard InChI is InChI=1S/C20H23ClN2O2S/c21-17-5-3-16(4-6-17)20(7-11-25-12-8-20)19(24)23-10-1-2-15(14-23)18-22-9-13-26-18/h3-6,9,13,15H,1-2,7-8,10-12,14H2/t15-/m1/s1. The van der Waals surface area contributed by atoms with Crippen LogP contribution in [0, 0.1) is 0 Å². The average Bonchev–Trinajstić information content (AvgIpc) is 3.23. The lowest BCUT2D eigenvalue weighted by molar-refractivity contribution is -0.142. The molecule has 0 bridgehead atoms. The van der Waals surface area contributed by atoms with Crippen LogP contribution < -0.4 is 0 Å². The fourth-order valence-electron chi connectivity index (χ4n) is 4.22. The van der Waals surface area contributed by atoms with E-state index < -0.39 is 5.41 Å². The van der Waals surface area contributed by atoms with E-state index in [1.165, 1.54) is 0 Å². The summed E-state index contributed by atoms with van der Waals surface area (Å²) in [4.78, 5) is 20.2. The highest BCUT2D eigenvalue weighted by Gasteiger charge is 2.45. The Balaban J connectivity index is 1.61. The van der Waals surface area contributed by atoms with Crippen LogP contribution in [0.1, 0.15) is 42.2 Å². The summed E-state index contributed by atoms with van der Waals surface area (Å²) in [5, 5.41) is 3.87. The topological polar surface area (TPSA) is 42.4 Å². The molecule has 0 saturated carbocycles. The molecule has 0 aliphatic carbocycles. The van der Waals surface area contributed by atoms with E-state index >= 15 is 0 Å². The Morgan fingerprint density at radius 1 is 1.27 bits per heavy atom. The number of halogens is 1. The monoisotopic (exact) mass is 390 g/mol. The Kier molecular flexibility index (Phi) is 5.30. The van der Waals surface area contributed by atoms with Crippen molar-refractivity contribution >= 4 is 28.8 Å². The number of nitrogens with zero attached hydrogens (tertiary/aromatic N) is 2. The van der Waals surface area contributed by atoms with E-state index in [0.29, 0.717) is 24.2 Å². The molecule has 0 N–H and O–H groups in total. The van der Waals surface area contributed by atoms with Gasteiger partial charge in [-0.1, -0.05) is 23.7 Å². The van der Waals surface area contributed by atoms with Gasteiger partial charge >= 0.3 is 0 Å². The molecule has 2 aromatic rings. The van der Waals surface area contributed by atoms with Crippen molar-refractivity contribution in [1.29, 1.82) is 0 Å². The second-order valence-electron chi connectivity index (χ2n) is 7.16. The third-order valence-corrected chi connectivity index (χ3v) is 6.85. The number of carbonyl (C=O) groups excluding carboxylic acids is 1. The van der Waals surface area contributed by atoms with E-state index in [-0.39, 0.29) is 5.91 Å². The van der Waals surface area contributed by atoms with Crippen molar-refractivity contribution in [2.75, 3.05) is 26.3 Å². The van der Waals surface area contributed by atoms with Gasteiger partial charge in [0.1, 0.15) is 0 Å². The summed E-state index contributed by atoms with van der Waals surface area (Å²) < 4.78 is 5.58. The summed E-state index contributed by atoms with van der Waals surface area (Å²) >= 11 is 7.77. The number of thiazole rings is 1. The molecular formula is C20H23ClN2O2S. The fourth-order valence-corrected chi connectivity index (χ4v) is 5.11. The largest absolute Gasteiger partial charge is 0.381 e. The summed E-state index contributed by atoms with van der Waals surface area (Å²) in [5.74, 6) is 0.596. The maximum atomic E-state index is 13.7. The van der Waals surface area contributed by atoms with Gasteiger partial charge in [0.15, 0.2) is 0 Å². The zero-order chi connectivity index (χ0) is 18.0. The quantitative estimate of drug-likeness (QED) is 0.786. The Morgan fingerprint density at radius 3 is 2.73 bits per heavy atom. The molecule has 1 aromatic carbocycles. The van der Waals surface area contributed by atoms with Crippen molar-refractivity contribution in [1.82, 2.24) is 9.88 Å². The molecular weight excluding hydrogens is 368 g/mol. The first-order chi connectivity index (χ1) is 12.7. The van der Waals surface area contributed by atoms with Gasteiger partial charge in [-0.25, -0.2) is 4.98 Å². The number of hydrogen-bond donors (Lipinski definition) is 0. The van der Waals surface area contributed by atoms with Crippen molar-refractivity contribution < 1.29 is 9.53 Å². The Morgan fingerprint density at radius 2 is 2.04 bits per heavy atom. The second kappa shape index (κ2) is 7.67. The van der Waals surface area contributed by atoms with Crippen LogP contribution >= 0.6 is 22.9 Å². The van der Waals surface area contributed by atoms with E-state index in [2.05, 4.69) is 9.88 Å². The molecule has 2 saturated heterocycles. The lowest BCUT2D eigenvalue weighted by Gasteiger charge is -2.42. The predicted octanol–water partition coefficient (Wildman–Crippen LogP) is 4.25. The number of hydrogen-bond acceptors (Lipinski definition) is 4. The van der Waals surface area contributed by atoms with Gasteiger partial charge in [-0.15, -0.1) is 11.3 Å². The van der Waals surface area contributed by atoms with Gasteiger partial charge in [-0.05, 0) is 43.4 Å². The molecule has 1 amide bonds. The molecule has 0 unspecified atom stereocenters. The molecule has 6 heteroatoms. The van der Waals surface area contributed by atoms with E-state index in [1.807, 2.05) is 35.8 Å². The summed E-state index contributed by atoms with van der Waals surface area (Å²) in [6, 6.07) is 7.79. The van der Waals surface area contributed by atoms with Crippen LogP contribution in [-0.4, -0.2) is 42.1 Å². The predicted molar refractivity (Wildman–Crippen MR) is 104 cm³/mol. The number of aromatic nitrogens is 1. The molecule has 1 atom stereocenters. The van der Waals surface area contributed by atoms with E-state index in [1.54, 1.807) is 11.3 Å². The highest BCUT2D eigenvalue weighted by Crippen LogP contribution is 2.39. The SMILES string of the molecule is O=C(N1CCC[C@@H](c2nccs2)C1)C1(c2ccc(Cl)cc2)CCOCC1. The lowest BCUT2D eigenvalue weighted by atomic mass is 9.72. The highest BCUT2D eigenvalue weighted by atomic mass is 35.5. The van der Waals surface area contributed by atoms with Crippen LogP contribution in [0.3, 0.4) is 0 Å². The van der Waals surface area contributed by atoms with Gasteiger partial charge in [0.2, 0.25) is 5.91 Å². The average molecular weight is 391 g/mol. The molecule has 3 heterocycles. The van der Waals surface area contributed by atoms with E-state index in [0.717, 1.165) is 49.3 Å². The Bertz CT molecular complexity index is 742. The smallest absolute Gasteiger partial charge is 0.233 e. The van der Waals surface area contributed by atoms with Gasteiger partial charge in [-0.3, -0.25) is 4.79 Å². The van der Waals surface area contributed by atoms with Crippen LogP contribution in [-0.2, 0) is 14.9 Å². The number of likely N-dealkylation sites (tertiary alicyclic amines) is 1. The maximum Gasteiger partial charge on any atom is 0.233 e. The molecule has 138 valence electrons. The molecule has 0 spiro atoms. The number of carbonyl (C=O) groups is 1. The van der Waals surface area contributed by atoms with Crippen molar-refractivity contribution in [3.8, 4) is 0 Å². The molecule has 26 heavy (non-hydrogen) atoms. The lowest BCUT2D eigenvalue weighted by Crippen LogP contribution is -2.52. The van der Waals surface area contributed by atoms with Crippen LogP contribution in [0.4, 0.5) is 0 Å². The minimum atomic E-state index is -0.492. The summed E-state index contributed by atoms with van der Waals surface area (Å²) in [6.45, 7) is 2.84. The molecule has 2 aliphatic heterocycles. The van der Waals surface area contributed by atoms with Crippen LogP contribution in [0.5, 0.6) is 0 Å². The van der Waals surface area contributed by atoms with Crippen LogP contribution in [0.15, 0.2) is 35.8 Å². The molecule has 4 nitrogen and oxygen atoms in total. The zero-order valence-corrected chi connectivity index (χ0v) is 16.3. The Labute approximate surface area is 163 Å². The first-order valence-corrected chi connectivity index (χ1v) is 10.5. The molecule has 2 fully saturated rings. The second-order valence-corrected chi connectivity index (χ2v) is 8.52. The number of amides is 1. The third kappa shape index (κ3) is 3.40. The van der Waals surface area contributed by atoms with E-state index in [4.69, 9.17) is 16.3 Å². The number of ether oxygens (including phenoxy) is 1. The fraction of sp³-hybridized carbons (Fsp3) is 0.500. The number of rotatable bonds is 3. The van der Waals surface area contributed by atoms with Gasteiger partial charge in [-0.2, -0.15) is 0 Å². The van der Waals surface area contributed by atoms with Gasteiger partial charge in [0, 0.05) is 48.8 Å². The Hall–Kier alpha value is -1.43. The van der Waals surface area contributed by atoms with Gasteiger partial charge in [0.05, 0.1) is 10.4 Å². The third-order valence-electron chi connectivity index (χ3n) is 5.66. The first-order valence-electron chi connectivity index (χ1n) is 9.22. The number of benzene rings is 1. The maximum absolute atomic E-state index is 13.7. The molecule has 2 aliphatic rings. The highest BCUT2D eigenvalue weighted by molar-refractivity contribution is 7.09. The van der Waals surface area contributed by atoms with Gasteiger partial charge < -0.3 is 9.64 Å². The summed E-state index contributed by atoms with van der Waals surface area (Å²) in [6.07, 6.45) is 5.45. The van der Waals surface area contributed by atoms with Crippen LogP contribution in [0.2, 0.25) is 5.02 Å². The molecule has 1 aromatic heterocycles. The minimum absolute atomic E-state index is 0.240. The van der Waals surface area contributed by atoms with Crippen molar-refractivity contribution in [3.63, 3.8) is 0 Å². The normalized spacial score (nSPS) is 23.0. The minimum Gasteiger partial charge on any atom is -0.381 e. The van der Waals surface area contributed by atoms with Crippen LogP contribution in [0.25, 0.3) is 0 Å². The van der Waals surface area contributed by atoms with Crippen molar-refractivity contribution in [3.05, 3.63) is 51.4 Å². The summed E-state index contributed by atoms with van der Waals surface area (Å²) in [5.41, 5.74) is 0.569. The number of piperidine rings is 1. The summed E-state index contributed by atoms with van der Waals surface area (Å²) in [7, 11) is 0. The first kappa shape index (κ1) is 18.0. The molecule has 0 radical (unpaired) electrons. The van der Waals surface area contributed by atoms with E-state index in [9.17, 15) is 4.79 Å². The molecule has 4 rings (SSSR count). The zero-order valence-electron chi connectivity index (χ0n) is 14.7. The van der Waals surface area contributed by atoms with Gasteiger partial charge in [0.25, 0.3) is 0 Å². The van der Waals surface area contributed by atoms with Crippen molar-refractivity contribution in [2.24, 2.45) is 0 Å².